The van der Waals surface area contributed by atoms with Crippen LogP contribution in [0.4, 0.5) is 0 Å². The normalized spacial score (nSPS) is 17.9. The number of hydrogen-bond acceptors (Lipinski definition) is 4. The molecule has 122 valence electrons. The Balaban J connectivity index is 2.12. The Hall–Kier alpha value is -1.44. The first-order chi connectivity index (χ1) is 10.4. The van der Waals surface area contributed by atoms with Crippen molar-refractivity contribution in [3.63, 3.8) is 0 Å². The second-order valence-corrected chi connectivity index (χ2v) is 7.48. The predicted molar refractivity (Wildman–Crippen MR) is 83.1 cm³/mol. The average molecular weight is 326 g/mol. The van der Waals surface area contributed by atoms with Gasteiger partial charge in [0.05, 0.1) is 11.5 Å². The van der Waals surface area contributed by atoms with Crippen LogP contribution in [0.1, 0.15) is 36.5 Å². The van der Waals surface area contributed by atoms with Crippen LogP contribution in [0, 0.1) is 0 Å². The van der Waals surface area contributed by atoms with Crippen LogP contribution >= 0.6 is 0 Å². The number of aliphatic hydroxyl groups is 1. The molecule has 0 unspecified atom stereocenters. The maximum Gasteiger partial charge on any atom is 0.251 e. The topological polar surface area (TPSA) is 86.7 Å². The molecule has 1 aliphatic rings. The molecule has 1 aromatic carbocycles. The number of piperidine rings is 1. The summed E-state index contributed by atoms with van der Waals surface area (Å²) in [5.74, 6) is -0.330. The lowest BCUT2D eigenvalue weighted by molar-refractivity contribution is 0.0922. The zero-order chi connectivity index (χ0) is 16.2. The summed E-state index contributed by atoms with van der Waals surface area (Å²) in [5.41, 5.74) is 0.373. The third-order valence-electron chi connectivity index (χ3n) is 3.72. The highest BCUT2D eigenvalue weighted by molar-refractivity contribution is 7.89. The molecule has 0 aromatic heterocycles. The van der Waals surface area contributed by atoms with Crippen LogP contribution in [0.5, 0.6) is 0 Å². The first-order valence-electron chi connectivity index (χ1n) is 7.47. The minimum Gasteiger partial charge on any atom is -0.394 e. The lowest BCUT2D eigenvalue weighted by Crippen LogP contribution is -2.36. The van der Waals surface area contributed by atoms with Crippen molar-refractivity contribution in [1.29, 1.82) is 0 Å². The summed E-state index contributed by atoms with van der Waals surface area (Å²) in [7, 11) is -3.47. The highest BCUT2D eigenvalue weighted by Gasteiger charge is 2.25. The van der Waals surface area contributed by atoms with Gasteiger partial charge in [-0.05, 0) is 44.0 Å². The van der Waals surface area contributed by atoms with E-state index in [4.69, 9.17) is 5.11 Å². The van der Waals surface area contributed by atoms with Crippen molar-refractivity contribution in [2.75, 3.05) is 19.7 Å². The van der Waals surface area contributed by atoms with Crippen molar-refractivity contribution < 1.29 is 18.3 Å². The molecule has 1 amide bonds. The molecule has 1 aliphatic heterocycles. The Kier molecular flexibility index (Phi) is 5.55. The Labute approximate surface area is 131 Å². The Morgan fingerprint density at radius 2 is 1.82 bits per heavy atom. The first-order valence-corrected chi connectivity index (χ1v) is 8.91. The van der Waals surface area contributed by atoms with E-state index in [2.05, 4.69) is 5.32 Å². The SMILES string of the molecule is C[C@@H](CO)NC(=O)c1ccc(S(=O)(=O)N2CCCCC2)cc1. The van der Waals surface area contributed by atoms with Crippen molar-refractivity contribution in [2.45, 2.75) is 37.1 Å². The van der Waals surface area contributed by atoms with E-state index in [-0.39, 0.29) is 23.5 Å². The predicted octanol–water partition coefficient (Wildman–Crippen LogP) is 0.972. The highest BCUT2D eigenvalue weighted by Crippen LogP contribution is 2.20. The van der Waals surface area contributed by atoms with E-state index in [1.807, 2.05) is 0 Å². The van der Waals surface area contributed by atoms with Gasteiger partial charge in [0.25, 0.3) is 5.91 Å². The first kappa shape index (κ1) is 16.9. The minimum atomic E-state index is -3.47. The molecule has 0 spiro atoms. The molecule has 2 rings (SSSR count). The fourth-order valence-corrected chi connectivity index (χ4v) is 3.90. The van der Waals surface area contributed by atoms with Gasteiger partial charge in [0.2, 0.25) is 10.0 Å². The maximum atomic E-state index is 12.5. The maximum absolute atomic E-state index is 12.5. The number of aliphatic hydroxyl groups excluding tert-OH is 1. The second-order valence-electron chi connectivity index (χ2n) is 5.55. The van der Waals surface area contributed by atoms with Gasteiger partial charge in [0.15, 0.2) is 0 Å². The molecule has 7 heteroatoms. The lowest BCUT2D eigenvalue weighted by atomic mass is 10.2. The van der Waals surface area contributed by atoms with Gasteiger partial charge in [0.1, 0.15) is 0 Å². The van der Waals surface area contributed by atoms with E-state index in [9.17, 15) is 13.2 Å². The monoisotopic (exact) mass is 326 g/mol. The molecule has 22 heavy (non-hydrogen) atoms. The molecule has 1 heterocycles. The Morgan fingerprint density at radius 3 is 2.36 bits per heavy atom. The van der Waals surface area contributed by atoms with Gasteiger partial charge in [0, 0.05) is 24.7 Å². The zero-order valence-corrected chi connectivity index (χ0v) is 13.5. The van der Waals surface area contributed by atoms with Crippen molar-refractivity contribution in [3.8, 4) is 0 Å². The molecular weight excluding hydrogens is 304 g/mol. The van der Waals surface area contributed by atoms with E-state index in [1.165, 1.54) is 28.6 Å². The van der Waals surface area contributed by atoms with Crippen LogP contribution in [0.3, 0.4) is 0 Å². The number of hydrogen-bond donors (Lipinski definition) is 2. The summed E-state index contributed by atoms with van der Waals surface area (Å²) in [4.78, 5) is 12.1. The van der Waals surface area contributed by atoms with Gasteiger partial charge < -0.3 is 10.4 Å². The van der Waals surface area contributed by atoms with E-state index in [1.54, 1.807) is 6.92 Å². The number of nitrogens with one attached hydrogen (secondary N) is 1. The summed E-state index contributed by atoms with van der Waals surface area (Å²) in [6.45, 7) is 2.65. The third-order valence-corrected chi connectivity index (χ3v) is 5.63. The molecule has 0 radical (unpaired) electrons. The number of sulfonamides is 1. The summed E-state index contributed by atoms with van der Waals surface area (Å²) < 4.78 is 26.5. The lowest BCUT2D eigenvalue weighted by Gasteiger charge is -2.25. The average Bonchev–Trinajstić information content (AvgIpc) is 2.55. The molecular formula is C15H22N2O4S. The number of nitrogens with zero attached hydrogens (tertiary/aromatic N) is 1. The minimum absolute atomic E-state index is 0.146. The van der Waals surface area contributed by atoms with Gasteiger partial charge in [-0.3, -0.25) is 4.79 Å². The number of amides is 1. The molecule has 1 aromatic rings. The van der Waals surface area contributed by atoms with Crippen molar-refractivity contribution in [2.24, 2.45) is 0 Å². The van der Waals surface area contributed by atoms with Crippen LogP contribution in [-0.2, 0) is 10.0 Å². The van der Waals surface area contributed by atoms with E-state index in [0.29, 0.717) is 18.7 Å². The fourth-order valence-electron chi connectivity index (χ4n) is 2.39. The van der Waals surface area contributed by atoms with E-state index < -0.39 is 10.0 Å². The van der Waals surface area contributed by atoms with Crippen molar-refractivity contribution in [1.82, 2.24) is 9.62 Å². The fraction of sp³-hybridized carbons (Fsp3) is 0.533. The number of benzene rings is 1. The Bertz CT molecular complexity index is 607. The third kappa shape index (κ3) is 3.85. The summed E-state index contributed by atoms with van der Waals surface area (Å²) in [5, 5.41) is 11.5. The summed E-state index contributed by atoms with van der Waals surface area (Å²) in [6.07, 6.45) is 2.84. The zero-order valence-electron chi connectivity index (χ0n) is 12.7. The highest BCUT2D eigenvalue weighted by atomic mass is 32.2. The van der Waals surface area contributed by atoms with Gasteiger partial charge in [-0.2, -0.15) is 4.31 Å². The quantitative estimate of drug-likeness (QED) is 0.844. The molecule has 1 atom stereocenters. The van der Waals surface area contributed by atoms with Crippen LogP contribution in [0.15, 0.2) is 29.2 Å². The van der Waals surface area contributed by atoms with Crippen LogP contribution in [0.2, 0.25) is 0 Å². The molecule has 0 bridgehead atoms. The summed E-state index contributed by atoms with van der Waals surface area (Å²) in [6, 6.07) is 5.57. The summed E-state index contributed by atoms with van der Waals surface area (Å²) >= 11 is 0. The van der Waals surface area contributed by atoms with Crippen LogP contribution < -0.4 is 5.32 Å². The Morgan fingerprint density at radius 1 is 1.23 bits per heavy atom. The van der Waals surface area contributed by atoms with Crippen LogP contribution in [-0.4, -0.2) is 49.5 Å². The standard InChI is InChI=1S/C15H22N2O4S/c1-12(11-18)16-15(19)13-5-7-14(8-6-13)22(20,21)17-9-3-2-4-10-17/h5-8,12,18H,2-4,9-11H2,1H3,(H,16,19)/t12-/m0/s1. The molecule has 0 aliphatic carbocycles. The van der Waals surface area contributed by atoms with Gasteiger partial charge in [-0.25, -0.2) is 8.42 Å². The molecule has 6 nitrogen and oxygen atoms in total. The van der Waals surface area contributed by atoms with Gasteiger partial charge >= 0.3 is 0 Å². The van der Waals surface area contributed by atoms with E-state index in [0.717, 1.165) is 19.3 Å². The van der Waals surface area contributed by atoms with E-state index >= 15 is 0 Å². The largest absolute Gasteiger partial charge is 0.394 e. The molecule has 1 saturated heterocycles. The van der Waals surface area contributed by atoms with Gasteiger partial charge in [-0.1, -0.05) is 6.42 Å². The molecule has 1 fully saturated rings. The van der Waals surface area contributed by atoms with Crippen LogP contribution in [0.25, 0.3) is 0 Å². The number of carbonyl (C=O) groups is 1. The second kappa shape index (κ2) is 7.21. The number of carbonyl (C=O) groups excluding carboxylic acids is 1. The smallest absolute Gasteiger partial charge is 0.251 e. The van der Waals surface area contributed by atoms with Gasteiger partial charge in [-0.15, -0.1) is 0 Å². The molecule has 2 N–H and O–H groups in total. The molecule has 0 saturated carbocycles. The van der Waals surface area contributed by atoms with Crippen molar-refractivity contribution >= 4 is 15.9 Å². The van der Waals surface area contributed by atoms with Crippen molar-refractivity contribution in [3.05, 3.63) is 29.8 Å². The number of rotatable bonds is 5.